The van der Waals surface area contributed by atoms with Crippen LogP contribution < -0.4 is 4.74 Å². The van der Waals surface area contributed by atoms with Crippen LogP contribution in [0.1, 0.15) is 56.3 Å². The van der Waals surface area contributed by atoms with Crippen molar-refractivity contribution in [3.8, 4) is 5.75 Å². The van der Waals surface area contributed by atoms with Crippen molar-refractivity contribution in [2.75, 3.05) is 32.8 Å². The lowest BCUT2D eigenvalue weighted by Gasteiger charge is -2.28. The van der Waals surface area contributed by atoms with Gasteiger partial charge in [-0.15, -0.1) is 0 Å². The molecule has 0 radical (unpaired) electrons. The molecule has 1 N–H and O–H groups in total. The predicted molar refractivity (Wildman–Crippen MR) is 145 cm³/mol. The van der Waals surface area contributed by atoms with Crippen molar-refractivity contribution in [3.05, 3.63) is 68.7 Å². The molecule has 3 rings (SSSR count). The molecule has 1 aliphatic rings. The highest BCUT2D eigenvalue weighted by Crippen LogP contribution is 2.41. The lowest BCUT2D eigenvalue weighted by molar-refractivity contribution is -0.140. The minimum Gasteiger partial charge on any atom is -0.507 e. The number of hydrogen-bond acceptors (Lipinski definition) is 5. The van der Waals surface area contributed by atoms with Crippen LogP contribution in [0.3, 0.4) is 0 Å². The number of ketones is 1. The minimum atomic E-state index is -0.781. The first-order valence-corrected chi connectivity index (χ1v) is 13.2. The number of carbonyl (C=O) groups is 2. The first-order valence-electron chi connectivity index (χ1n) is 12.4. The number of hydrogen-bond donors (Lipinski definition) is 1. The summed E-state index contributed by atoms with van der Waals surface area (Å²) in [6.45, 7) is 11.3. The quantitative estimate of drug-likeness (QED) is 0.160. The Hall–Kier alpha value is -2.54. The number of aliphatic hydroxyl groups is 1. The molecular weight excluding hydrogens is 499 g/mol. The van der Waals surface area contributed by atoms with Crippen LogP contribution in [0.25, 0.3) is 5.76 Å². The second kappa shape index (κ2) is 12.6. The van der Waals surface area contributed by atoms with E-state index in [0.29, 0.717) is 40.9 Å². The van der Waals surface area contributed by atoms with Crippen LogP contribution in [0, 0.1) is 6.92 Å². The number of halogens is 2. The lowest BCUT2D eigenvalue weighted by Crippen LogP contribution is -2.38. The second-order valence-corrected chi connectivity index (χ2v) is 9.69. The summed E-state index contributed by atoms with van der Waals surface area (Å²) in [5.41, 5.74) is 1.93. The topological polar surface area (TPSA) is 70.1 Å². The molecule has 0 aromatic heterocycles. The van der Waals surface area contributed by atoms with E-state index in [4.69, 9.17) is 27.9 Å². The zero-order chi connectivity index (χ0) is 26.4. The molecule has 0 saturated carbocycles. The number of aliphatic hydroxyl groups excluding tert-OH is 1. The van der Waals surface area contributed by atoms with Gasteiger partial charge >= 0.3 is 0 Å². The molecule has 8 heteroatoms. The number of likely N-dealkylation sites (N-methyl/N-ethyl adjacent to an activating group) is 1. The van der Waals surface area contributed by atoms with Gasteiger partial charge in [-0.05, 0) is 67.9 Å². The molecule has 1 atom stereocenters. The Morgan fingerprint density at radius 3 is 2.39 bits per heavy atom. The van der Waals surface area contributed by atoms with Crippen LogP contribution in [-0.2, 0) is 9.59 Å². The van der Waals surface area contributed by atoms with Crippen LogP contribution in [0.5, 0.6) is 5.75 Å². The molecule has 2 aromatic rings. The maximum atomic E-state index is 13.3. The Bertz CT molecular complexity index is 1140. The summed E-state index contributed by atoms with van der Waals surface area (Å²) < 4.78 is 5.82. The van der Waals surface area contributed by atoms with E-state index in [1.54, 1.807) is 36.4 Å². The summed E-state index contributed by atoms with van der Waals surface area (Å²) in [5, 5.41) is 12.0. The molecule has 6 nitrogen and oxygen atoms in total. The summed E-state index contributed by atoms with van der Waals surface area (Å²) >= 11 is 12.4. The van der Waals surface area contributed by atoms with Gasteiger partial charge in [0.1, 0.15) is 11.5 Å². The van der Waals surface area contributed by atoms with Crippen molar-refractivity contribution in [2.24, 2.45) is 0 Å². The number of ether oxygens (including phenoxy) is 1. The van der Waals surface area contributed by atoms with Gasteiger partial charge in [-0.3, -0.25) is 9.59 Å². The van der Waals surface area contributed by atoms with E-state index in [-0.39, 0.29) is 11.3 Å². The Labute approximate surface area is 223 Å². The van der Waals surface area contributed by atoms with E-state index >= 15 is 0 Å². The van der Waals surface area contributed by atoms with E-state index in [1.807, 2.05) is 20.8 Å². The molecular formula is C28H34Cl2N2O4. The van der Waals surface area contributed by atoms with Crippen LogP contribution in [0.15, 0.2) is 42.0 Å². The van der Waals surface area contributed by atoms with E-state index in [1.165, 1.54) is 4.90 Å². The van der Waals surface area contributed by atoms with Gasteiger partial charge in [0.2, 0.25) is 0 Å². The third-order valence-corrected chi connectivity index (χ3v) is 7.29. The molecule has 1 fully saturated rings. The summed E-state index contributed by atoms with van der Waals surface area (Å²) in [6, 6.07) is 9.49. The molecule has 1 heterocycles. The third kappa shape index (κ3) is 6.05. The third-order valence-electron chi connectivity index (χ3n) is 6.55. The van der Waals surface area contributed by atoms with Gasteiger partial charge in [0.25, 0.3) is 11.7 Å². The first-order chi connectivity index (χ1) is 17.2. The average molecular weight is 533 g/mol. The summed E-state index contributed by atoms with van der Waals surface area (Å²) in [6.07, 6.45) is 1.97. The number of nitrogens with zero attached hydrogens (tertiary/aromatic N) is 2. The number of carbonyl (C=O) groups excluding carboxylic acids is 2. The highest BCUT2D eigenvalue weighted by molar-refractivity contribution is 6.46. The number of rotatable bonds is 11. The van der Waals surface area contributed by atoms with E-state index in [2.05, 4.69) is 11.8 Å². The molecule has 36 heavy (non-hydrogen) atoms. The van der Waals surface area contributed by atoms with Crippen molar-refractivity contribution in [1.29, 1.82) is 0 Å². The van der Waals surface area contributed by atoms with Gasteiger partial charge in [0, 0.05) is 18.7 Å². The van der Waals surface area contributed by atoms with Crippen molar-refractivity contribution in [1.82, 2.24) is 9.80 Å². The molecule has 1 aliphatic heterocycles. The number of aryl methyl sites for hydroxylation is 1. The molecule has 0 unspecified atom stereocenters. The van der Waals surface area contributed by atoms with Crippen LogP contribution in [-0.4, -0.2) is 59.4 Å². The van der Waals surface area contributed by atoms with E-state index in [9.17, 15) is 14.7 Å². The zero-order valence-corrected chi connectivity index (χ0v) is 22.8. The number of likely N-dealkylation sites (tertiary alicyclic amines) is 1. The normalized spacial score (nSPS) is 17.3. The Kier molecular flexibility index (Phi) is 9.83. The lowest BCUT2D eigenvalue weighted by atomic mass is 9.94. The first kappa shape index (κ1) is 28.0. The van der Waals surface area contributed by atoms with Crippen LogP contribution in [0.2, 0.25) is 10.0 Å². The Balaban J connectivity index is 2.06. The monoisotopic (exact) mass is 532 g/mol. The molecule has 2 aromatic carbocycles. The van der Waals surface area contributed by atoms with E-state index in [0.717, 1.165) is 37.2 Å². The van der Waals surface area contributed by atoms with Gasteiger partial charge in [0.15, 0.2) is 0 Å². The standard InChI is InChI=1S/C28H34Cl2N2O4/c1-5-8-15-36-23-12-10-20(16-18(23)4)26(33)24-25(19-9-11-21(29)22(30)17-19)32(28(35)27(24)34)14-13-31(6-2)7-3/h9-12,16-17,25,33H,5-8,13-15H2,1-4H3/b26-24+/t25-/m0/s1. The number of amides is 1. The number of benzene rings is 2. The summed E-state index contributed by atoms with van der Waals surface area (Å²) in [5.74, 6) is -0.862. The van der Waals surface area contributed by atoms with E-state index < -0.39 is 17.7 Å². The van der Waals surface area contributed by atoms with Gasteiger partial charge in [-0.1, -0.05) is 56.5 Å². The number of Topliss-reactive ketones (excluding diaryl/α,β-unsaturated/α-hetero) is 1. The van der Waals surface area contributed by atoms with Crippen molar-refractivity contribution < 1.29 is 19.4 Å². The average Bonchev–Trinajstić information content (AvgIpc) is 3.12. The predicted octanol–water partition coefficient (Wildman–Crippen LogP) is 6.24. The molecule has 194 valence electrons. The van der Waals surface area contributed by atoms with Gasteiger partial charge in [0.05, 0.1) is 28.3 Å². The largest absolute Gasteiger partial charge is 0.507 e. The smallest absolute Gasteiger partial charge is 0.295 e. The Morgan fingerprint density at radius 1 is 1.06 bits per heavy atom. The summed E-state index contributed by atoms with van der Waals surface area (Å²) in [4.78, 5) is 30.1. The maximum absolute atomic E-state index is 13.3. The number of unbranched alkanes of at least 4 members (excludes halogenated alkanes) is 1. The molecule has 0 bridgehead atoms. The van der Waals surface area contributed by atoms with Crippen LogP contribution in [0.4, 0.5) is 0 Å². The Morgan fingerprint density at radius 2 is 1.78 bits per heavy atom. The molecule has 0 aliphatic carbocycles. The van der Waals surface area contributed by atoms with Gasteiger partial charge in [-0.2, -0.15) is 0 Å². The SMILES string of the molecule is CCCCOc1ccc(/C(O)=C2\C(=O)C(=O)N(CCN(CC)CC)[C@H]2c2ccc(Cl)c(Cl)c2)cc1C. The highest BCUT2D eigenvalue weighted by atomic mass is 35.5. The fourth-order valence-electron chi connectivity index (χ4n) is 4.37. The highest BCUT2D eigenvalue weighted by Gasteiger charge is 2.46. The maximum Gasteiger partial charge on any atom is 0.295 e. The van der Waals surface area contributed by atoms with Gasteiger partial charge in [-0.25, -0.2) is 0 Å². The fraction of sp³-hybridized carbons (Fsp3) is 0.429. The fourth-order valence-corrected chi connectivity index (χ4v) is 4.68. The van der Waals surface area contributed by atoms with Crippen LogP contribution >= 0.6 is 23.2 Å². The molecule has 1 saturated heterocycles. The molecule has 1 amide bonds. The van der Waals surface area contributed by atoms with Crippen molar-refractivity contribution in [2.45, 2.75) is 46.6 Å². The summed E-state index contributed by atoms with van der Waals surface area (Å²) in [7, 11) is 0. The van der Waals surface area contributed by atoms with Gasteiger partial charge < -0.3 is 19.6 Å². The zero-order valence-electron chi connectivity index (χ0n) is 21.3. The second-order valence-electron chi connectivity index (χ2n) is 8.88. The molecule has 0 spiro atoms. The minimum absolute atomic E-state index is 0.0389. The van der Waals surface area contributed by atoms with Crippen molar-refractivity contribution in [3.63, 3.8) is 0 Å². The van der Waals surface area contributed by atoms with Crippen molar-refractivity contribution >= 4 is 40.7 Å².